The summed E-state index contributed by atoms with van der Waals surface area (Å²) in [7, 11) is 0. The second-order valence-corrected chi connectivity index (χ2v) is 20.0. The van der Waals surface area contributed by atoms with Crippen LogP contribution in [0, 0.1) is 25.5 Å². The number of morpholine rings is 1. The molecule has 12 rings (SSSR count). The predicted octanol–water partition coefficient (Wildman–Crippen LogP) is 6.43. The Hall–Kier alpha value is -6.96. The van der Waals surface area contributed by atoms with Gasteiger partial charge in [-0.1, -0.05) is 11.2 Å². The van der Waals surface area contributed by atoms with Gasteiger partial charge >= 0.3 is 11.4 Å². The number of aromatic amines is 1. The minimum absolute atomic E-state index is 0.0492. The molecule has 5 aromatic heterocycles. The van der Waals surface area contributed by atoms with Crippen LogP contribution >= 0.6 is 0 Å². The molecule has 1 N–H and O–H groups in total. The van der Waals surface area contributed by atoms with Crippen molar-refractivity contribution in [2.45, 2.75) is 89.9 Å². The number of fused-ring (bicyclic) bond motifs is 3. The number of nitrogens with one attached hydrogen (secondary N) is 1. The third-order valence-electron chi connectivity index (χ3n) is 14.9. The number of imidazole rings is 1. The Bertz CT molecular complexity index is 3480. The predicted molar refractivity (Wildman–Crippen MR) is 254 cm³/mol. The maximum atomic E-state index is 16.6. The van der Waals surface area contributed by atoms with Crippen LogP contribution in [0.5, 0.6) is 0 Å². The number of benzene rings is 3. The lowest BCUT2D eigenvalue weighted by Gasteiger charge is -2.35. The third kappa shape index (κ3) is 7.35. The van der Waals surface area contributed by atoms with Crippen LogP contribution in [0.1, 0.15) is 89.7 Å². The highest BCUT2D eigenvalue weighted by Gasteiger charge is 2.52. The van der Waals surface area contributed by atoms with Gasteiger partial charge in [-0.3, -0.25) is 33.0 Å². The summed E-state index contributed by atoms with van der Waals surface area (Å²) < 4.78 is 56.4. The van der Waals surface area contributed by atoms with Crippen molar-refractivity contribution in [1.82, 2.24) is 53.2 Å². The summed E-state index contributed by atoms with van der Waals surface area (Å²) in [5.74, 6) is -0.893. The number of hydrogen-bond acceptors (Lipinski definition) is 10. The summed E-state index contributed by atoms with van der Waals surface area (Å²) in [5, 5.41) is 14.9. The molecule has 1 amide bonds. The first-order valence-corrected chi connectivity index (χ1v) is 24.1. The van der Waals surface area contributed by atoms with Crippen LogP contribution in [-0.4, -0.2) is 111 Å². The lowest BCUT2D eigenvalue weighted by molar-refractivity contribution is -0.0592. The number of aromatic nitrogens is 9. The highest BCUT2D eigenvalue weighted by Crippen LogP contribution is 2.51. The number of amides is 1. The standard InChI is InChI=1S/C51H53F2N11O6/c1-30-23-35(24-31(2)43(30)52)64-45(61-16-15-60(49(61)67)41-8-7-40-36(44(41)53)28-54-62(40)17-14-58-18-21-68-22-19-58)37-29-59(13-9-38(37)56-64)46(65)42-26-34-25-32(33-10-20-69-50(3,4)27-33)5-6-39(34)63(42)51(11-12-51)47-55-48(66)70-57-47/h5-8,15-16,23-26,28,33H,9-14,17-22,27,29H2,1-4H3,(H,55,57,66)/t33-/m0/s1. The van der Waals surface area contributed by atoms with E-state index in [-0.39, 0.29) is 40.9 Å². The Morgan fingerprint density at radius 1 is 0.900 bits per heavy atom. The van der Waals surface area contributed by atoms with Gasteiger partial charge in [0.1, 0.15) is 22.9 Å². The number of halogens is 2. The highest BCUT2D eigenvalue weighted by molar-refractivity contribution is 5.99. The maximum absolute atomic E-state index is 16.6. The number of ether oxygens (including phenoxy) is 2. The Labute approximate surface area is 399 Å². The van der Waals surface area contributed by atoms with Gasteiger partial charge in [0.25, 0.3) is 5.91 Å². The lowest BCUT2D eigenvalue weighted by Crippen LogP contribution is -2.38. The molecule has 1 aliphatic carbocycles. The van der Waals surface area contributed by atoms with Crippen molar-refractivity contribution in [2.24, 2.45) is 0 Å². The molecule has 1 atom stereocenters. The first-order valence-electron chi connectivity index (χ1n) is 24.1. The van der Waals surface area contributed by atoms with E-state index >= 15 is 13.6 Å². The summed E-state index contributed by atoms with van der Waals surface area (Å²) in [6.45, 7) is 12.9. The minimum atomic E-state index is -0.813. The van der Waals surface area contributed by atoms with Crippen LogP contribution in [0.3, 0.4) is 0 Å². The van der Waals surface area contributed by atoms with E-state index in [1.807, 2.05) is 10.6 Å². The molecular formula is C51H53F2N11O6. The first-order chi connectivity index (χ1) is 33.8. The van der Waals surface area contributed by atoms with Crippen LogP contribution in [-0.2, 0) is 34.5 Å². The summed E-state index contributed by atoms with van der Waals surface area (Å²) in [4.78, 5) is 49.3. The number of hydrogen-bond donors (Lipinski definition) is 1. The maximum Gasteiger partial charge on any atom is 0.438 e. The molecule has 70 heavy (non-hydrogen) atoms. The van der Waals surface area contributed by atoms with Crippen molar-refractivity contribution in [3.05, 3.63) is 139 Å². The van der Waals surface area contributed by atoms with Crippen molar-refractivity contribution in [1.29, 1.82) is 0 Å². The average molecular weight is 954 g/mol. The monoisotopic (exact) mass is 953 g/mol. The highest BCUT2D eigenvalue weighted by atomic mass is 19.1. The second kappa shape index (κ2) is 16.6. The third-order valence-corrected chi connectivity index (χ3v) is 14.9. The van der Waals surface area contributed by atoms with E-state index in [2.05, 4.69) is 52.2 Å². The summed E-state index contributed by atoms with van der Waals surface area (Å²) >= 11 is 0. The van der Waals surface area contributed by atoms with E-state index in [1.54, 1.807) is 58.6 Å². The zero-order chi connectivity index (χ0) is 48.2. The quantitative estimate of drug-likeness (QED) is 0.161. The van der Waals surface area contributed by atoms with Crippen LogP contribution in [0.4, 0.5) is 8.78 Å². The SMILES string of the molecule is Cc1cc(-n2nc3c(c2-n2ccn(-c4ccc5c(cnn5CCN5CCOCC5)c4F)c2=O)CN(C(=O)c2cc4cc([C@H]5CCOC(C)(C)C5)ccc4n2C2(c4noc(=O)[nH]4)CC2)CC3)cc(C)c1F. The zero-order valence-corrected chi connectivity index (χ0v) is 39.5. The number of aryl methyl sites for hydroxylation is 2. The van der Waals surface area contributed by atoms with Crippen LogP contribution in [0.25, 0.3) is 39.0 Å². The molecule has 362 valence electrons. The number of rotatable bonds is 10. The molecule has 0 radical (unpaired) electrons. The van der Waals surface area contributed by atoms with Gasteiger partial charge in [0, 0.05) is 68.1 Å². The van der Waals surface area contributed by atoms with Gasteiger partial charge in [-0.25, -0.2) is 23.1 Å². The molecular weight excluding hydrogens is 901 g/mol. The van der Waals surface area contributed by atoms with Gasteiger partial charge in [0.2, 0.25) is 0 Å². The minimum Gasteiger partial charge on any atom is -0.379 e. The van der Waals surface area contributed by atoms with Crippen LogP contribution in [0.15, 0.2) is 81.2 Å². The molecule has 3 fully saturated rings. The molecule has 3 aromatic carbocycles. The Morgan fingerprint density at radius 3 is 2.41 bits per heavy atom. The van der Waals surface area contributed by atoms with E-state index in [1.165, 1.54) is 21.5 Å². The van der Waals surface area contributed by atoms with Crippen molar-refractivity contribution < 1.29 is 27.6 Å². The fourth-order valence-corrected chi connectivity index (χ4v) is 11.2. The summed E-state index contributed by atoms with van der Waals surface area (Å²) in [5.41, 5.74) is 4.04. The van der Waals surface area contributed by atoms with E-state index in [9.17, 15) is 9.59 Å². The topological polar surface area (TPSA) is 168 Å². The number of carbonyl (C=O) groups is 1. The van der Waals surface area contributed by atoms with Crippen molar-refractivity contribution in [2.75, 3.05) is 46.0 Å². The first kappa shape index (κ1) is 44.3. The lowest BCUT2D eigenvalue weighted by atomic mass is 9.83. The smallest absolute Gasteiger partial charge is 0.379 e. The van der Waals surface area contributed by atoms with Gasteiger partial charge < -0.3 is 18.9 Å². The molecule has 0 unspecified atom stereocenters. The molecule has 8 aromatic rings. The summed E-state index contributed by atoms with van der Waals surface area (Å²) in [6, 6.07) is 15.0. The second-order valence-electron chi connectivity index (χ2n) is 20.0. The fraction of sp³-hybridized carbons (Fsp3) is 0.412. The van der Waals surface area contributed by atoms with Gasteiger partial charge in [0.05, 0.1) is 66.1 Å². The molecule has 0 spiro atoms. The number of H-pyrrole nitrogens is 1. The Kier molecular flexibility index (Phi) is 10.5. The average Bonchev–Trinajstić information content (AvgIpc) is 3.83. The fourth-order valence-electron chi connectivity index (χ4n) is 11.2. The number of nitrogens with zero attached hydrogens (tertiary/aromatic N) is 10. The zero-order valence-electron chi connectivity index (χ0n) is 39.5. The molecule has 19 heteroatoms. The normalized spacial score (nSPS) is 19.1. The molecule has 17 nitrogen and oxygen atoms in total. The molecule has 4 aliphatic rings. The molecule has 0 bridgehead atoms. The Balaban J connectivity index is 0.933. The van der Waals surface area contributed by atoms with Crippen molar-refractivity contribution in [3.63, 3.8) is 0 Å². The van der Waals surface area contributed by atoms with Gasteiger partial charge in [-0.05, 0) is 118 Å². The van der Waals surface area contributed by atoms with E-state index in [0.717, 1.165) is 48.9 Å². The van der Waals surface area contributed by atoms with Crippen LogP contribution in [0.2, 0.25) is 0 Å². The van der Waals surface area contributed by atoms with Gasteiger partial charge in [0.15, 0.2) is 11.6 Å². The van der Waals surface area contributed by atoms with E-state index < -0.39 is 22.8 Å². The molecule has 3 aliphatic heterocycles. The van der Waals surface area contributed by atoms with Gasteiger partial charge in [-0.2, -0.15) is 10.2 Å². The number of carbonyl (C=O) groups excluding carboxylic acids is 1. The van der Waals surface area contributed by atoms with Crippen molar-refractivity contribution in [3.8, 4) is 17.2 Å². The molecule has 2 saturated heterocycles. The Morgan fingerprint density at radius 2 is 1.67 bits per heavy atom. The van der Waals surface area contributed by atoms with Crippen molar-refractivity contribution >= 4 is 27.7 Å². The van der Waals surface area contributed by atoms with E-state index in [4.69, 9.17) is 19.1 Å². The largest absolute Gasteiger partial charge is 0.438 e. The molecule has 8 heterocycles. The summed E-state index contributed by atoms with van der Waals surface area (Å²) in [6.07, 6.45) is 7.91. The van der Waals surface area contributed by atoms with Gasteiger partial charge in [-0.15, -0.1) is 0 Å². The van der Waals surface area contributed by atoms with Crippen LogP contribution < -0.4 is 11.4 Å². The molecule has 1 saturated carbocycles. The van der Waals surface area contributed by atoms with E-state index in [0.29, 0.717) is 103 Å².